The molecule has 0 spiro atoms. The molecule has 338 valence electrons. The van der Waals surface area contributed by atoms with Gasteiger partial charge in [0.2, 0.25) is 0 Å². The largest absolute Gasteiger partial charge is 0.411 e. The van der Waals surface area contributed by atoms with Gasteiger partial charge >= 0.3 is 0 Å². The zero-order valence-electron chi connectivity index (χ0n) is 38.0. The van der Waals surface area contributed by atoms with E-state index in [9.17, 15) is 0 Å². The summed E-state index contributed by atoms with van der Waals surface area (Å²) in [4.78, 5) is 1.13. The summed E-state index contributed by atoms with van der Waals surface area (Å²) in [6, 6.07) is 30.9. The molecular weight excluding hydrogens is 809 g/mol. The topological polar surface area (TPSA) is 92.3 Å². The molecule has 2 unspecified atom stereocenters. The minimum absolute atomic E-state index is 0.0420. The summed E-state index contributed by atoms with van der Waals surface area (Å²) in [5, 5.41) is 0.0420. The molecule has 3 aliphatic heterocycles. The number of benzene rings is 3. The average Bonchev–Trinajstić information content (AvgIpc) is 3.22. The van der Waals surface area contributed by atoms with Crippen LogP contribution in [0.4, 0.5) is 0 Å². The molecule has 3 heterocycles. The van der Waals surface area contributed by atoms with Gasteiger partial charge < -0.3 is 47.1 Å². The van der Waals surface area contributed by atoms with Gasteiger partial charge in [0.15, 0.2) is 20.4 Å². The highest BCUT2D eigenvalue weighted by molar-refractivity contribution is 7.99. The first-order valence-corrected chi connectivity index (χ1v) is 26.1. The Kier molecular flexibility index (Phi) is 17.9. The quantitative estimate of drug-likeness (QED) is 0.0582. The van der Waals surface area contributed by atoms with Crippen LogP contribution in [0.1, 0.15) is 85.3 Å². The fraction of sp³-hybridized carbons (Fsp3) is 0.633. The van der Waals surface area contributed by atoms with Crippen LogP contribution in [0.25, 0.3) is 0 Å². The predicted molar refractivity (Wildman–Crippen MR) is 242 cm³/mol. The Balaban J connectivity index is 1.23. The van der Waals surface area contributed by atoms with E-state index < -0.39 is 26.5 Å². The molecule has 3 saturated heterocycles. The molecule has 0 aliphatic carbocycles. The van der Waals surface area contributed by atoms with E-state index in [2.05, 4.69) is 82.4 Å². The van der Waals surface area contributed by atoms with E-state index >= 15 is 0 Å². The van der Waals surface area contributed by atoms with Crippen LogP contribution in [0.3, 0.4) is 0 Å². The van der Waals surface area contributed by atoms with Crippen molar-refractivity contribution in [3.8, 4) is 0 Å². The molecule has 10 atom stereocenters. The van der Waals surface area contributed by atoms with E-state index in [-0.39, 0.29) is 53.2 Å². The molecule has 0 bridgehead atoms. The van der Waals surface area contributed by atoms with E-state index in [0.717, 1.165) is 28.9 Å². The molecule has 0 aromatic heterocycles. The van der Waals surface area contributed by atoms with Gasteiger partial charge in [-0.3, -0.25) is 0 Å². The van der Waals surface area contributed by atoms with Crippen LogP contribution in [0.5, 0.6) is 0 Å². The molecule has 3 aromatic rings. The summed E-state index contributed by atoms with van der Waals surface area (Å²) < 4.78 is 66.0. The maximum absolute atomic E-state index is 7.28. The molecule has 3 fully saturated rings. The lowest BCUT2D eigenvalue weighted by Crippen LogP contribution is -2.59. The summed E-state index contributed by atoms with van der Waals surface area (Å²) >= 11 is 1.72. The molecule has 0 saturated carbocycles. The number of thioether (sulfide) groups is 1. The summed E-state index contributed by atoms with van der Waals surface area (Å²) in [6.45, 7) is 21.9. The van der Waals surface area contributed by atoms with E-state index in [1.54, 1.807) is 11.8 Å². The lowest BCUT2D eigenvalue weighted by Gasteiger charge is -2.50. The highest BCUT2D eigenvalue weighted by Gasteiger charge is 2.49. The molecule has 3 aromatic carbocycles. The summed E-state index contributed by atoms with van der Waals surface area (Å²) in [6.07, 6.45) is 0.482. The second-order valence-electron chi connectivity index (χ2n) is 18.5. The lowest BCUT2D eigenvalue weighted by molar-refractivity contribution is -0.336. The maximum Gasteiger partial charge on any atom is 0.192 e. The Hall–Kier alpha value is -2.17. The molecule has 3 aliphatic rings. The van der Waals surface area contributed by atoms with E-state index in [1.165, 1.54) is 0 Å². The summed E-state index contributed by atoms with van der Waals surface area (Å²) in [5.74, 6) is -0.664. The Morgan fingerprint density at radius 2 is 1.39 bits per heavy atom. The van der Waals surface area contributed by atoms with Crippen molar-refractivity contribution in [3.05, 3.63) is 102 Å². The van der Waals surface area contributed by atoms with Crippen LogP contribution in [-0.2, 0) is 60.3 Å². The molecule has 0 radical (unpaired) electrons. The van der Waals surface area contributed by atoms with Crippen molar-refractivity contribution in [2.45, 2.75) is 177 Å². The van der Waals surface area contributed by atoms with Crippen LogP contribution in [0.2, 0.25) is 18.1 Å². The lowest BCUT2D eigenvalue weighted by atomic mass is 9.94. The minimum atomic E-state index is -2.16. The highest BCUT2D eigenvalue weighted by atomic mass is 32.2. The van der Waals surface area contributed by atoms with E-state index in [1.807, 2.05) is 70.2 Å². The molecular formula is C49H72O10SSi. The molecule has 61 heavy (non-hydrogen) atoms. The highest BCUT2D eigenvalue weighted by Crippen LogP contribution is 2.42. The maximum atomic E-state index is 7.28. The van der Waals surface area contributed by atoms with Crippen molar-refractivity contribution in [1.82, 2.24) is 0 Å². The van der Waals surface area contributed by atoms with Crippen molar-refractivity contribution in [3.63, 3.8) is 0 Å². The van der Waals surface area contributed by atoms with E-state index in [0.29, 0.717) is 52.5 Å². The van der Waals surface area contributed by atoms with Gasteiger partial charge in [-0.05, 0) is 81.9 Å². The molecule has 0 N–H and O–H groups in total. The molecule has 10 nitrogen and oxygen atoms in total. The monoisotopic (exact) mass is 880 g/mol. The average molecular weight is 881 g/mol. The smallest absolute Gasteiger partial charge is 0.192 e. The third-order valence-corrected chi connectivity index (χ3v) is 17.8. The van der Waals surface area contributed by atoms with Crippen molar-refractivity contribution in [2.75, 3.05) is 26.4 Å². The van der Waals surface area contributed by atoms with Gasteiger partial charge in [0.25, 0.3) is 0 Å². The first kappa shape index (κ1) is 48.3. The number of hydrogen-bond donors (Lipinski definition) is 0. The van der Waals surface area contributed by atoms with Gasteiger partial charge in [0.05, 0.1) is 63.6 Å². The van der Waals surface area contributed by atoms with Crippen molar-refractivity contribution < 1.29 is 47.1 Å². The van der Waals surface area contributed by atoms with Crippen LogP contribution in [0.15, 0.2) is 95.9 Å². The normalized spacial score (nSPS) is 27.9. The molecule has 6 rings (SSSR count). The zero-order chi connectivity index (χ0) is 43.5. The Morgan fingerprint density at radius 3 is 2.05 bits per heavy atom. The predicted octanol–water partition coefficient (Wildman–Crippen LogP) is 10.3. The molecule has 0 amide bonds. The second kappa shape index (κ2) is 22.6. The first-order valence-electron chi connectivity index (χ1n) is 22.4. The Morgan fingerprint density at radius 1 is 0.754 bits per heavy atom. The SMILES string of the molecule is CCOC(C)OC[C@H]1O[C@@H](COCc2ccccc2)[C@H](OCc2ccccc2)C[C@@H]1OC(CC[C@@H]1O[C@@H]2COC(C)(C)O[C@H]2C[C@H]1O[Si](C)(C)C(C)(C)C)Sc1ccccc1. The second-order valence-corrected chi connectivity index (χ2v) is 24.5. The van der Waals surface area contributed by atoms with Gasteiger partial charge in [-0.15, -0.1) is 0 Å². The third kappa shape index (κ3) is 14.7. The summed E-state index contributed by atoms with van der Waals surface area (Å²) in [5.41, 5.74) is 1.96. The number of rotatable bonds is 21. The summed E-state index contributed by atoms with van der Waals surface area (Å²) in [7, 11) is -2.16. The Bertz CT molecular complexity index is 1700. The fourth-order valence-corrected chi connectivity index (χ4v) is 10.2. The van der Waals surface area contributed by atoms with Gasteiger partial charge in [-0.1, -0.05) is 111 Å². The zero-order valence-corrected chi connectivity index (χ0v) is 39.8. The standard InChI is InChI=1S/C49H72O10SSi/c1-10-51-35(2)52-33-45-41(28-40(53-31-37-22-16-12-17-23-37)44(56-45)32-50-30-36-20-14-11-15-21-36)57-47(60-38-24-18-13-19-25-38)27-26-39-43(59-61(8,9)48(3,4)5)29-42-46(55-39)34-54-49(6,7)58-42/h11-25,35,39-47H,10,26-34H2,1-9H3/t35?,39-,40+,41-,42-,43+,44-,45+,46+,47?/m0/s1. The van der Waals surface area contributed by atoms with Crippen molar-refractivity contribution in [2.24, 2.45) is 0 Å². The molecule has 12 heteroatoms. The van der Waals surface area contributed by atoms with Crippen molar-refractivity contribution in [1.29, 1.82) is 0 Å². The van der Waals surface area contributed by atoms with Crippen LogP contribution in [-0.4, -0.2) is 101 Å². The van der Waals surface area contributed by atoms with Crippen molar-refractivity contribution >= 4 is 20.1 Å². The number of fused-ring (bicyclic) bond motifs is 1. The third-order valence-electron chi connectivity index (χ3n) is 12.2. The minimum Gasteiger partial charge on any atom is -0.411 e. The Labute approximate surface area is 371 Å². The van der Waals surface area contributed by atoms with Crippen LogP contribution < -0.4 is 0 Å². The fourth-order valence-electron chi connectivity index (χ4n) is 7.82. The van der Waals surface area contributed by atoms with Crippen LogP contribution in [0, 0.1) is 0 Å². The van der Waals surface area contributed by atoms with E-state index in [4.69, 9.17) is 47.1 Å². The first-order chi connectivity index (χ1) is 29.2. The number of ether oxygens (including phenoxy) is 9. The van der Waals surface area contributed by atoms with Crippen LogP contribution >= 0.6 is 11.8 Å². The number of hydrogen-bond acceptors (Lipinski definition) is 11. The van der Waals surface area contributed by atoms with Gasteiger partial charge in [0, 0.05) is 24.3 Å². The van der Waals surface area contributed by atoms with Gasteiger partial charge in [-0.25, -0.2) is 0 Å². The van der Waals surface area contributed by atoms with Gasteiger partial charge in [0.1, 0.15) is 23.7 Å². The van der Waals surface area contributed by atoms with Gasteiger partial charge in [-0.2, -0.15) is 0 Å².